The number of amides is 3. The minimum atomic E-state index is -4.62. The lowest BCUT2D eigenvalue weighted by molar-refractivity contribution is -0.154. The van der Waals surface area contributed by atoms with Crippen molar-refractivity contribution in [2.45, 2.75) is 38.4 Å². The number of carbonyl (C=O) groups excluding carboxylic acids is 4. The van der Waals surface area contributed by atoms with Crippen molar-refractivity contribution in [3.05, 3.63) is 124 Å². The number of ether oxygens (including phenoxy) is 1. The number of anilines is 5. The second-order valence-electron chi connectivity index (χ2n) is 14.6. The number of nitrogens with zero attached hydrogens (tertiary/aromatic N) is 3. The van der Waals surface area contributed by atoms with Gasteiger partial charge in [0.05, 0.1) is 5.54 Å². The Balaban J connectivity index is 1.01. The molecular weight excluding hydrogens is 791 g/mol. The predicted molar refractivity (Wildman–Crippen MR) is 216 cm³/mol. The van der Waals surface area contributed by atoms with Gasteiger partial charge in [0.1, 0.15) is 0 Å². The summed E-state index contributed by atoms with van der Waals surface area (Å²) in [6, 6.07) is 25.5. The van der Waals surface area contributed by atoms with Gasteiger partial charge in [-0.2, -0.15) is 28.1 Å². The monoisotopic (exact) mass is 829 g/mol. The number of rotatable bonds is 15. The van der Waals surface area contributed by atoms with E-state index in [0.717, 1.165) is 18.4 Å². The van der Waals surface area contributed by atoms with Crippen LogP contribution in [0.25, 0.3) is 0 Å². The van der Waals surface area contributed by atoms with E-state index in [-0.39, 0.29) is 42.0 Å². The van der Waals surface area contributed by atoms with Gasteiger partial charge in [-0.1, -0.05) is 61.8 Å². The lowest BCUT2D eigenvalue weighted by Crippen LogP contribution is -2.44. The van der Waals surface area contributed by atoms with E-state index in [2.05, 4.69) is 41.5 Å². The number of hydrogen-bond donors (Lipinski definition) is 6. The molecule has 59 heavy (non-hydrogen) atoms. The fraction of sp³-hybridized carbons (Fsp3) is 0.244. The third kappa shape index (κ3) is 11.7. The van der Waals surface area contributed by atoms with Gasteiger partial charge >= 0.3 is 24.0 Å². The molecule has 1 fully saturated rings. The van der Waals surface area contributed by atoms with Crippen LogP contribution in [0.15, 0.2) is 97.1 Å². The summed E-state index contributed by atoms with van der Waals surface area (Å²) in [4.78, 5) is 63.7. The molecule has 1 aliphatic rings. The average molecular weight is 830 g/mol. The Labute approximate surface area is 341 Å². The molecule has 1 aromatic heterocycles. The molecular formula is C41H39ClF3N9O5. The first kappa shape index (κ1) is 41.9. The SMILES string of the molecule is CC(C)(CNC(=O)C(=O)Nc1cccc(C(=O)c2cccc(N)c2)c1)CNC(=O)c1ccc(Nc2nc(NC3(c4ccc(Cl)cc4)CC3)nc(OCC(F)(F)F)n2)cc1. The minimum absolute atomic E-state index is 0.00356. The molecule has 18 heteroatoms. The average Bonchev–Trinajstić information content (AvgIpc) is 3.98. The number of aromatic nitrogens is 3. The van der Waals surface area contributed by atoms with Crippen LogP contribution in [-0.4, -0.2) is 64.3 Å². The summed E-state index contributed by atoms with van der Waals surface area (Å²) >= 11 is 6.04. The Morgan fingerprint density at radius 3 is 2.07 bits per heavy atom. The number of nitrogen functional groups attached to an aromatic ring is 1. The molecule has 5 aromatic rings. The molecule has 4 aromatic carbocycles. The van der Waals surface area contributed by atoms with Crippen LogP contribution in [0.4, 0.5) is 42.1 Å². The Morgan fingerprint density at radius 1 is 0.763 bits per heavy atom. The summed E-state index contributed by atoms with van der Waals surface area (Å²) in [6.45, 7) is 2.13. The van der Waals surface area contributed by atoms with Gasteiger partial charge in [0.15, 0.2) is 12.4 Å². The van der Waals surface area contributed by atoms with Crippen molar-refractivity contribution in [3.8, 4) is 6.01 Å². The van der Waals surface area contributed by atoms with Gasteiger partial charge in [-0.3, -0.25) is 19.2 Å². The third-order valence-corrected chi connectivity index (χ3v) is 9.33. The lowest BCUT2D eigenvalue weighted by Gasteiger charge is -2.25. The van der Waals surface area contributed by atoms with Gasteiger partial charge in [0, 0.05) is 51.9 Å². The maximum Gasteiger partial charge on any atom is 0.422 e. The van der Waals surface area contributed by atoms with E-state index < -0.39 is 47.5 Å². The number of benzene rings is 4. The summed E-state index contributed by atoms with van der Waals surface area (Å²) in [5.41, 5.74) is 7.54. The maximum atomic E-state index is 13.0. The quantitative estimate of drug-likeness (QED) is 0.0376. The first-order valence-electron chi connectivity index (χ1n) is 18.2. The zero-order valence-corrected chi connectivity index (χ0v) is 32.5. The highest BCUT2D eigenvalue weighted by atomic mass is 35.5. The van der Waals surface area contributed by atoms with Gasteiger partial charge in [-0.25, -0.2) is 0 Å². The molecule has 3 amide bonds. The van der Waals surface area contributed by atoms with E-state index in [4.69, 9.17) is 22.1 Å². The topological polar surface area (TPSA) is 202 Å². The Kier molecular flexibility index (Phi) is 12.3. The zero-order valence-electron chi connectivity index (χ0n) is 31.7. The zero-order chi connectivity index (χ0) is 42.4. The summed E-state index contributed by atoms with van der Waals surface area (Å²) in [7, 11) is 0. The number of carbonyl (C=O) groups is 4. The molecule has 0 spiro atoms. The highest BCUT2D eigenvalue weighted by Gasteiger charge is 2.45. The summed E-state index contributed by atoms with van der Waals surface area (Å²) in [6.07, 6.45) is -3.17. The van der Waals surface area contributed by atoms with Crippen molar-refractivity contribution >= 4 is 64.1 Å². The molecule has 0 atom stereocenters. The number of halogens is 4. The van der Waals surface area contributed by atoms with E-state index >= 15 is 0 Å². The summed E-state index contributed by atoms with van der Waals surface area (Å²) in [5.74, 6) is -2.67. The smallest absolute Gasteiger partial charge is 0.422 e. The molecule has 0 saturated heterocycles. The van der Waals surface area contributed by atoms with Crippen LogP contribution in [0.1, 0.15) is 58.5 Å². The molecule has 6 rings (SSSR count). The minimum Gasteiger partial charge on any atom is -0.454 e. The molecule has 0 unspecified atom stereocenters. The highest BCUT2D eigenvalue weighted by Crippen LogP contribution is 2.48. The number of nitrogens with one attached hydrogen (secondary N) is 5. The van der Waals surface area contributed by atoms with Crippen molar-refractivity contribution in [1.29, 1.82) is 0 Å². The maximum absolute atomic E-state index is 13.0. The molecule has 0 radical (unpaired) electrons. The molecule has 7 N–H and O–H groups in total. The van der Waals surface area contributed by atoms with E-state index in [0.29, 0.717) is 27.5 Å². The molecule has 0 aliphatic heterocycles. The van der Waals surface area contributed by atoms with Crippen molar-refractivity contribution < 1.29 is 37.1 Å². The van der Waals surface area contributed by atoms with Gasteiger partial charge < -0.3 is 37.1 Å². The van der Waals surface area contributed by atoms with Crippen molar-refractivity contribution in [2.24, 2.45) is 5.41 Å². The third-order valence-electron chi connectivity index (χ3n) is 9.07. The van der Waals surface area contributed by atoms with Crippen LogP contribution in [0.5, 0.6) is 6.01 Å². The van der Waals surface area contributed by atoms with E-state index in [1.165, 1.54) is 18.2 Å². The van der Waals surface area contributed by atoms with Crippen LogP contribution < -0.4 is 37.1 Å². The number of alkyl halides is 3. The van der Waals surface area contributed by atoms with E-state index in [9.17, 15) is 32.3 Å². The molecule has 1 aliphatic carbocycles. The van der Waals surface area contributed by atoms with Gasteiger partial charge in [0.2, 0.25) is 11.9 Å². The molecule has 1 heterocycles. The number of ketones is 1. The van der Waals surface area contributed by atoms with Crippen molar-refractivity contribution in [1.82, 2.24) is 25.6 Å². The molecule has 0 bridgehead atoms. The Bertz CT molecular complexity index is 2360. The van der Waals surface area contributed by atoms with Crippen LogP contribution in [0.3, 0.4) is 0 Å². The summed E-state index contributed by atoms with van der Waals surface area (Å²) < 4.78 is 43.8. The Hall–Kier alpha value is -6.75. The van der Waals surface area contributed by atoms with E-state index in [1.807, 2.05) is 12.1 Å². The predicted octanol–water partition coefficient (Wildman–Crippen LogP) is 6.64. The number of hydrogen-bond acceptors (Lipinski definition) is 11. The first-order chi connectivity index (χ1) is 28.0. The van der Waals surface area contributed by atoms with Crippen molar-refractivity contribution in [2.75, 3.05) is 41.4 Å². The first-order valence-corrected chi connectivity index (χ1v) is 18.6. The van der Waals surface area contributed by atoms with Crippen molar-refractivity contribution in [3.63, 3.8) is 0 Å². The molecule has 306 valence electrons. The van der Waals surface area contributed by atoms with Gasteiger partial charge in [0.25, 0.3) is 5.91 Å². The number of nitrogens with two attached hydrogens (primary N) is 1. The van der Waals surface area contributed by atoms with Crippen LogP contribution in [0.2, 0.25) is 5.02 Å². The van der Waals surface area contributed by atoms with Gasteiger partial charge in [-0.15, -0.1) is 0 Å². The fourth-order valence-corrected chi connectivity index (χ4v) is 5.89. The largest absolute Gasteiger partial charge is 0.454 e. The van der Waals surface area contributed by atoms with Gasteiger partial charge in [-0.05, 0) is 84.5 Å². The Morgan fingerprint density at radius 2 is 1.41 bits per heavy atom. The standard InChI is InChI=1S/C41H39ClF3N9O5/c1-39(2,22-48-34(57)35(58)49-31-8-4-6-26(20-31)32(55)25-5-3-7-29(46)19-25)21-47-33(56)24-9-15-30(16-10-24)50-36-51-37(53-38(52-36)59-23-41(43,44)45)54-40(17-18-40)27-11-13-28(42)14-12-27/h3-16,19-20H,17-18,21-23,46H2,1-2H3,(H,47,56)(H,48,57)(H,49,58)(H2,50,51,52,53,54). The second-order valence-corrected chi connectivity index (χ2v) is 15.0. The highest BCUT2D eigenvalue weighted by molar-refractivity contribution is 6.39. The van der Waals surface area contributed by atoms with Crippen LogP contribution >= 0.6 is 11.6 Å². The second kappa shape index (κ2) is 17.4. The van der Waals surface area contributed by atoms with Crippen LogP contribution in [-0.2, 0) is 15.1 Å². The fourth-order valence-electron chi connectivity index (χ4n) is 5.76. The summed E-state index contributed by atoms with van der Waals surface area (Å²) in [5, 5.41) is 14.6. The van der Waals surface area contributed by atoms with E-state index in [1.54, 1.807) is 80.6 Å². The molecule has 1 saturated carbocycles. The lowest BCUT2D eigenvalue weighted by atomic mass is 9.93. The normalized spacial score (nSPS) is 13.1. The molecule has 14 nitrogen and oxygen atoms in total. The van der Waals surface area contributed by atoms with Crippen LogP contribution in [0, 0.1) is 5.41 Å².